The third-order valence-corrected chi connectivity index (χ3v) is 2.24. The standard InChI is InChI=1S/C9H18O2/c1-3-9(10-2)11-8-6-4-5-7-8/h8-9H,3-7H2,1-2H3. The molecule has 1 rings (SSSR count). The minimum atomic E-state index is 0.0260. The molecule has 0 radical (unpaired) electrons. The van der Waals surface area contributed by atoms with Gasteiger partial charge in [0, 0.05) is 7.11 Å². The summed E-state index contributed by atoms with van der Waals surface area (Å²) in [5.41, 5.74) is 0. The summed E-state index contributed by atoms with van der Waals surface area (Å²) in [6, 6.07) is 0. The van der Waals surface area contributed by atoms with Crippen molar-refractivity contribution in [3.8, 4) is 0 Å². The fourth-order valence-electron chi connectivity index (χ4n) is 1.56. The first-order valence-corrected chi connectivity index (χ1v) is 4.55. The molecular weight excluding hydrogens is 140 g/mol. The summed E-state index contributed by atoms with van der Waals surface area (Å²) in [4.78, 5) is 0. The van der Waals surface area contributed by atoms with Crippen LogP contribution in [0.5, 0.6) is 0 Å². The van der Waals surface area contributed by atoms with Crippen LogP contribution in [-0.4, -0.2) is 19.5 Å². The van der Waals surface area contributed by atoms with Crippen LogP contribution in [0.1, 0.15) is 39.0 Å². The maximum Gasteiger partial charge on any atom is 0.157 e. The molecule has 0 aliphatic heterocycles. The lowest BCUT2D eigenvalue weighted by molar-refractivity contribution is -0.154. The van der Waals surface area contributed by atoms with Crippen molar-refractivity contribution >= 4 is 0 Å². The predicted molar refractivity (Wildman–Crippen MR) is 44.4 cm³/mol. The lowest BCUT2D eigenvalue weighted by Crippen LogP contribution is -2.20. The Morgan fingerprint density at radius 2 is 2.00 bits per heavy atom. The molecule has 2 nitrogen and oxygen atoms in total. The minimum Gasteiger partial charge on any atom is -0.356 e. The zero-order valence-corrected chi connectivity index (χ0v) is 7.51. The van der Waals surface area contributed by atoms with E-state index >= 15 is 0 Å². The largest absolute Gasteiger partial charge is 0.356 e. The molecule has 0 bridgehead atoms. The first-order chi connectivity index (χ1) is 5.36. The van der Waals surface area contributed by atoms with Crippen LogP contribution >= 0.6 is 0 Å². The molecule has 1 saturated carbocycles. The minimum absolute atomic E-state index is 0.0260. The molecule has 1 atom stereocenters. The van der Waals surface area contributed by atoms with Crippen molar-refractivity contribution < 1.29 is 9.47 Å². The van der Waals surface area contributed by atoms with Gasteiger partial charge in [-0.1, -0.05) is 19.8 Å². The van der Waals surface area contributed by atoms with Crippen LogP contribution in [-0.2, 0) is 9.47 Å². The van der Waals surface area contributed by atoms with E-state index in [-0.39, 0.29) is 6.29 Å². The predicted octanol–water partition coefficient (Wildman–Crippen LogP) is 2.33. The van der Waals surface area contributed by atoms with Crippen LogP contribution in [0.3, 0.4) is 0 Å². The molecule has 0 aromatic rings. The molecule has 0 spiro atoms. The van der Waals surface area contributed by atoms with Gasteiger partial charge in [0.05, 0.1) is 6.10 Å². The van der Waals surface area contributed by atoms with Crippen molar-refractivity contribution in [2.24, 2.45) is 0 Å². The summed E-state index contributed by atoms with van der Waals surface area (Å²) in [6.07, 6.45) is 6.54. The molecule has 0 saturated heterocycles. The van der Waals surface area contributed by atoms with Crippen LogP contribution in [0, 0.1) is 0 Å². The summed E-state index contributed by atoms with van der Waals surface area (Å²) in [5, 5.41) is 0. The monoisotopic (exact) mass is 158 g/mol. The molecule has 66 valence electrons. The molecular formula is C9H18O2. The number of methoxy groups -OCH3 is 1. The molecule has 0 aromatic carbocycles. The van der Waals surface area contributed by atoms with Gasteiger partial charge in [0.25, 0.3) is 0 Å². The Morgan fingerprint density at radius 3 is 2.45 bits per heavy atom. The van der Waals surface area contributed by atoms with E-state index in [4.69, 9.17) is 9.47 Å². The topological polar surface area (TPSA) is 18.5 Å². The van der Waals surface area contributed by atoms with Gasteiger partial charge in [-0.2, -0.15) is 0 Å². The second kappa shape index (κ2) is 4.73. The quantitative estimate of drug-likeness (QED) is 0.585. The van der Waals surface area contributed by atoms with Crippen LogP contribution in [0.4, 0.5) is 0 Å². The molecule has 1 fully saturated rings. The first-order valence-electron chi connectivity index (χ1n) is 4.55. The summed E-state index contributed by atoms with van der Waals surface area (Å²) in [6.45, 7) is 2.09. The van der Waals surface area contributed by atoms with Gasteiger partial charge in [0.15, 0.2) is 6.29 Å². The van der Waals surface area contributed by atoms with Crippen LogP contribution in [0.15, 0.2) is 0 Å². The van der Waals surface area contributed by atoms with Crippen molar-refractivity contribution in [2.75, 3.05) is 7.11 Å². The zero-order chi connectivity index (χ0) is 8.10. The average molecular weight is 158 g/mol. The second-order valence-corrected chi connectivity index (χ2v) is 3.12. The maximum atomic E-state index is 5.69. The summed E-state index contributed by atoms with van der Waals surface area (Å²) in [7, 11) is 1.71. The van der Waals surface area contributed by atoms with E-state index in [0.717, 1.165) is 6.42 Å². The smallest absolute Gasteiger partial charge is 0.157 e. The van der Waals surface area contributed by atoms with Gasteiger partial charge in [0.1, 0.15) is 0 Å². The van der Waals surface area contributed by atoms with Gasteiger partial charge in [-0.15, -0.1) is 0 Å². The molecule has 0 heterocycles. The second-order valence-electron chi connectivity index (χ2n) is 3.12. The summed E-state index contributed by atoms with van der Waals surface area (Å²) < 4.78 is 10.8. The van der Waals surface area contributed by atoms with E-state index in [0.29, 0.717) is 6.10 Å². The van der Waals surface area contributed by atoms with Crippen LogP contribution < -0.4 is 0 Å². The Bertz CT molecular complexity index is 93.7. The number of ether oxygens (including phenoxy) is 2. The Balaban J connectivity index is 2.16. The lowest BCUT2D eigenvalue weighted by atomic mass is 10.3. The van der Waals surface area contributed by atoms with E-state index in [1.165, 1.54) is 25.7 Å². The average Bonchev–Trinajstić information content (AvgIpc) is 2.52. The van der Waals surface area contributed by atoms with Gasteiger partial charge in [-0.05, 0) is 19.3 Å². The molecule has 0 amide bonds. The van der Waals surface area contributed by atoms with E-state index < -0.39 is 0 Å². The van der Waals surface area contributed by atoms with Crippen LogP contribution in [0.25, 0.3) is 0 Å². The molecule has 1 aliphatic rings. The van der Waals surface area contributed by atoms with Crippen LogP contribution in [0.2, 0.25) is 0 Å². The molecule has 11 heavy (non-hydrogen) atoms. The highest BCUT2D eigenvalue weighted by Gasteiger charge is 2.18. The van der Waals surface area contributed by atoms with E-state index in [2.05, 4.69) is 6.92 Å². The van der Waals surface area contributed by atoms with Gasteiger partial charge in [0.2, 0.25) is 0 Å². The summed E-state index contributed by atoms with van der Waals surface area (Å²) >= 11 is 0. The van der Waals surface area contributed by atoms with Crippen molar-refractivity contribution in [1.82, 2.24) is 0 Å². The third kappa shape index (κ3) is 2.80. The van der Waals surface area contributed by atoms with Gasteiger partial charge in [-0.3, -0.25) is 0 Å². The van der Waals surface area contributed by atoms with Gasteiger partial charge in [-0.25, -0.2) is 0 Å². The van der Waals surface area contributed by atoms with E-state index in [1.54, 1.807) is 7.11 Å². The molecule has 0 aromatic heterocycles. The van der Waals surface area contributed by atoms with Crippen molar-refractivity contribution in [3.05, 3.63) is 0 Å². The highest BCUT2D eigenvalue weighted by molar-refractivity contribution is 4.67. The maximum absolute atomic E-state index is 5.69. The fourth-order valence-corrected chi connectivity index (χ4v) is 1.56. The molecule has 2 heteroatoms. The summed E-state index contributed by atoms with van der Waals surface area (Å²) in [5.74, 6) is 0. The molecule has 1 aliphatic carbocycles. The third-order valence-electron chi connectivity index (χ3n) is 2.24. The highest BCUT2D eigenvalue weighted by Crippen LogP contribution is 2.22. The van der Waals surface area contributed by atoms with Crippen molar-refractivity contribution in [3.63, 3.8) is 0 Å². The normalized spacial score (nSPS) is 22.4. The zero-order valence-electron chi connectivity index (χ0n) is 7.51. The first kappa shape index (κ1) is 9.01. The number of hydrogen-bond donors (Lipinski definition) is 0. The lowest BCUT2D eigenvalue weighted by Gasteiger charge is -2.18. The van der Waals surface area contributed by atoms with Crippen molar-refractivity contribution in [1.29, 1.82) is 0 Å². The van der Waals surface area contributed by atoms with E-state index in [1.807, 2.05) is 0 Å². The Hall–Kier alpha value is -0.0800. The SMILES string of the molecule is CCC(OC)OC1CCCC1. The number of rotatable bonds is 4. The Morgan fingerprint density at radius 1 is 1.36 bits per heavy atom. The van der Waals surface area contributed by atoms with Gasteiger partial charge < -0.3 is 9.47 Å². The molecule has 0 N–H and O–H groups in total. The number of hydrogen-bond acceptors (Lipinski definition) is 2. The van der Waals surface area contributed by atoms with E-state index in [9.17, 15) is 0 Å². The van der Waals surface area contributed by atoms with Crippen molar-refractivity contribution in [2.45, 2.75) is 51.4 Å². The fraction of sp³-hybridized carbons (Fsp3) is 1.00. The molecule has 1 unspecified atom stereocenters. The Labute approximate surface area is 68.9 Å². The highest BCUT2D eigenvalue weighted by atomic mass is 16.7. The Kier molecular flexibility index (Phi) is 3.87. The van der Waals surface area contributed by atoms with Gasteiger partial charge >= 0.3 is 0 Å².